The van der Waals surface area contributed by atoms with Crippen molar-refractivity contribution in [1.29, 1.82) is 0 Å². The Balaban J connectivity index is 1.67. The summed E-state index contributed by atoms with van der Waals surface area (Å²) in [4.78, 5) is 0.998. The van der Waals surface area contributed by atoms with Gasteiger partial charge in [-0.15, -0.1) is 11.3 Å². The van der Waals surface area contributed by atoms with Crippen molar-refractivity contribution in [2.45, 2.75) is 45.2 Å². The summed E-state index contributed by atoms with van der Waals surface area (Å²) < 4.78 is 14.0. The Bertz CT molecular complexity index is 573. The molecule has 1 heterocycles. The molecule has 3 heteroatoms. The molecular formula is C18H22FNS. The Morgan fingerprint density at radius 2 is 2.10 bits per heavy atom. The molecule has 0 radical (unpaired) electrons. The smallest absolute Gasteiger partial charge is 0.131 e. The van der Waals surface area contributed by atoms with Crippen LogP contribution in [0.5, 0.6) is 0 Å². The van der Waals surface area contributed by atoms with E-state index in [4.69, 9.17) is 0 Å². The first-order valence-corrected chi connectivity index (χ1v) is 8.67. The van der Waals surface area contributed by atoms with E-state index >= 15 is 0 Å². The SMILES string of the molecule is C[C@H](NCc1ccc(F)c(-c2cccs2)c1)C1CCCC1. The van der Waals surface area contributed by atoms with E-state index in [1.54, 1.807) is 17.4 Å². The van der Waals surface area contributed by atoms with Gasteiger partial charge in [0.05, 0.1) is 0 Å². The molecule has 1 aliphatic carbocycles. The van der Waals surface area contributed by atoms with Crippen molar-refractivity contribution in [2.24, 2.45) is 5.92 Å². The van der Waals surface area contributed by atoms with Crippen molar-refractivity contribution in [3.05, 3.63) is 47.1 Å². The third kappa shape index (κ3) is 3.53. The quantitative estimate of drug-likeness (QED) is 0.798. The molecule has 0 aliphatic heterocycles. The average Bonchev–Trinajstić information content (AvgIpc) is 3.19. The fourth-order valence-corrected chi connectivity index (χ4v) is 3.95. The van der Waals surface area contributed by atoms with Crippen LogP contribution in [0.25, 0.3) is 10.4 Å². The first-order chi connectivity index (χ1) is 10.2. The van der Waals surface area contributed by atoms with Crippen LogP contribution in [0.15, 0.2) is 35.7 Å². The molecule has 1 aromatic carbocycles. The third-order valence-corrected chi connectivity index (χ3v) is 5.46. The highest BCUT2D eigenvalue weighted by Crippen LogP contribution is 2.29. The van der Waals surface area contributed by atoms with Crippen LogP contribution < -0.4 is 5.32 Å². The van der Waals surface area contributed by atoms with Crippen molar-refractivity contribution in [3.8, 4) is 10.4 Å². The maximum atomic E-state index is 14.0. The Kier molecular flexibility index (Phi) is 4.71. The fourth-order valence-electron chi connectivity index (χ4n) is 3.21. The Labute approximate surface area is 130 Å². The molecule has 1 atom stereocenters. The van der Waals surface area contributed by atoms with Crippen LogP contribution in [-0.4, -0.2) is 6.04 Å². The lowest BCUT2D eigenvalue weighted by atomic mass is 9.99. The van der Waals surface area contributed by atoms with Crippen LogP contribution in [-0.2, 0) is 6.54 Å². The van der Waals surface area contributed by atoms with Crippen LogP contribution >= 0.6 is 11.3 Å². The maximum absolute atomic E-state index is 14.0. The van der Waals surface area contributed by atoms with E-state index in [2.05, 4.69) is 12.2 Å². The van der Waals surface area contributed by atoms with E-state index in [1.807, 2.05) is 29.6 Å². The molecule has 1 fully saturated rings. The molecule has 21 heavy (non-hydrogen) atoms. The molecule has 1 N–H and O–H groups in total. The van der Waals surface area contributed by atoms with Crippen LogP contribution in [0.3, 0.4) is 0 Å². The topological polar surface area (TPSA) is 12.0 Å². The van der Waals surface area contributed by atoms with Crippen molar-refractivity contribution >= 4 is 11.3 Å². The van der Waals surface area contributed by atoms with E-state index in [0.29, 0.717) is 6.04 Å². The van der Waals surface area contributed by atoms with Crippen LogP contribution in [0.4, 0.5) is 4.39 Å². The number of rotatable bonds is 5. The molecule has 2 aromatic rings. The van der Waals surface area contributed by atoms with Gasteiger partial charge in [0, 0.05) is 23.0 Å². The van der Waals surface area contributed by atoms with Gasteiger partial charge in [-0.25, -0.2) is 4.39 Å². The highest BCUT2D eigenvalue weighted by molar-refractivity contribution is 7.13. The van der Waals surface area contributed by atoms with E-state index < -0.39 is 0 Å². The summed E-state index contributed by atoms with van der Waals surface area (Å²) in [6, 6.07) is 9.94. The molecule has 0 unspecified atom stereocenters. The van der Waals surface area contributed by atoms with Gasteiger partial charge in [0.1, 0.15) is 5.82 Å². The zero-order chi connectivity index (χ0) is 14.7. The maximum Gasteiger partial charge on any atom is 0.131 e. The minimum Gasteiger partial charge on any atom is -0.310 e. The van der Waals surface area contributed by atoms with Gasteiger partial charge in [-0.3, -0.25) is 0 Å². The zero-order valence-corrected chi connectivity index (χ0v) is 13.3. The molecule has 1 aliphatic rings. The predicted octanol–water partition coefficient (Wildman–Crippen LogP) is 5.22. The zero-order valence-electron chi connectivity index (χ0n) is 12.4. The van der Waals surface area contributed by atoms with E-state index in [0.717, 1.165) is 28.5 Å². The second kappa shape index (κ2) is 6.71. The number of nitrogens with one attached hydrogen (secondary N) is 1. The minimum absolute atomic E-state index is 0.134. The lowest BCUT2D eigenvalue weighted by Gasteiger charge is -2.20. The van der Waals surface area contributed by atoms with Crippen LogP contribution in [0.2, 0.25) is 0 Å². The van der Waals surface area contributed by atoms with Crippen molar-refractivity contribution in [3.63, 3.8) is 0 Å². The summed E-state index contributed by atoms with van der Waals surface area (Å²) >= 11 is 1.58. The van der Waals surface area contributed by atoms with Crippen molar-refractivity contribution in [2.75, 3.05) is 0 Å². The van der Waals surface area contributed by atoms with Gasteiger partial charge in [0.25, 0.3) is 0 Å². The summed E-state index contributed by atoms with van der Waals surface area (Å²) in [7, 11) is 0. The van der Waals surface area contributed by atoms with E-state index in [1.165, 1.54) is 25.7 Å². The number of thiophene rings is 1. The number of halogens is 1. The fraction of sp³-hybridized carbons (Fsp3) is 0.444. The molecule has 0 bridgehead atoms. The molecule has 0 saturated heterocycles. The Morgan fingerprint density at radius 1 is 1.29 bits per heavy atom. The first-order valence-electron chi connectivity index (χ1n) is 7.80. The Morgan fingerprint density at radius 3 is 2.81 bits per heavy atom. The molecule has 0 amide bonds. The summed E-state index contributed by atoms with van der Waals surface area (Å²) in [6.45, 7) is 3.09. The summed E-state index contributed by atoms with van der Waals surface area (Å²) in [5, 5.41) is 5.60. The highest BCUT2D eigenvalue weighted by Gasteiger charge is 2.20. The van der Waals surface area contributed by atoms with Crippen LogP contribution in [0, 0.1) is 11.7 Å². The number of hydrogen-bond acceptors (Lipinski definition) is 2. The average molecular weight is 303 g/mol. The van der Waals surface area contributed by atoms with Gasteiger partial charge in [0.2, 0.25) is 0 Å². The number of hydrogen-bond donors (Lipinski definition) is 1. The molecular weight excluding hydrogens is 281 g/mol. The first kappa shape index (κ1) is 14.7. The molecule has 112 valence electrons. The number of benzene rings is 1. The van der Waals surface area contributed by atoms with Gasteiger partial charge < -0.3 is 5.32 Å². The van der Waals surface area contributed by atoms with Gasteiger partial charge in [-0.05, 0) is 54.8 Å². The monoisotopic (exact) mass is 303 g/mol. The van der Waals surface area contributed by atoms with E-state index in [-0.39, 0.29) is 5.82 Å². The predicted molar refractivity (Wildman–Crippen MR) is 88.0 cm³/mol. The second-order valence-electron chi connectivity index (χ2n) is 6.01. The summed E-state index contributed by atoms with van der Waals surface area (Å²) in [5.74, 6) is 0.673. The van der Waals surface area contributed by atoms with E-state index in [9.17, 15) is 4.39 Å². The lowest BCUT2D eigenvalue weighted by molar-refractivity contribution is 0.380. The van der Waals surface area contributed by atoms with Gasteiger partial charge in [-0.2, -0.15) is 0 Å². The molecule has 0 spiro atoms. The van der Waals surface area contributed by atoms with Crippen molar-refractivity contribution in [1.82, 2.24) is 5.32 Å². The highest BCUT2D eigenvalue weighted by atomic mass is 32.1. The Hall–Kier alpha value is -1.19. The van der Waals surface area contributed by atoms with Crippen molar-refractivity contribution < 1.29 is 4.39 Å². The summed E-state index contributed by atoms with van der Waals surface area (Å²) in [6.07, 6.45) is 5.43. The molecule has 1 aromatic heterocycles. The van der Waals surface area contributed by atoms with Gasteiger partial charge >= 0.3 is 0 Å². The lowest BCUT2D eigenvalue weighted by Crippen LogP contribution is -2.31. The third-order valence-electron chi connectivity index (χ3n) is 4.55. The standard InChI is InChI=1S/C18H22FNS/c1-13(15-5-2-3-6-15)20-12-14-8-9-17(19)16(11-14)18-7-4-10-21-18/h4,7-11,13,15,20H,2-3,5-6,12H2,1H3/t13-/m0/s1. The minimum atomic E-state index is -0.134. The molecule has 1 nitrogen and oxygen atoms in total. The van der Waals surface area contributed by atoms with Gasteiger partial charge in [0.15, 0.2) is 0 Å². The normalized spacial score (nSPS) is 17.2. The van der Waals surface area contributed by atoms with Gasteiger partial charge in [-0.1, -0.05) is 25.0 Å². The second-order valence-corrected chi connectivity index (χ2v) is 6.95. The largest absolute Gasteiger partial charge is 0.310 e. The molecule has 3 rings (SSSR count). The molecule has 1 saturated carbocycles. The van der Waals surface area contributed by atoms with Crippen LogP contribution in [0.1, 0.15) is 38.2 Å². The summed E-state index contributed by atoms with van der Waals surface area (Å²) in [5.41, 5.74) is 1.88.